The van der Waals surface area contributed by atoms with E-state index in [4.69, 9.17) is 14.6 Å². The smallest absolute Gasteiger partial charge is 0.104 e. The highest BCUT2D eigenvalue weighted by atomic mass is 79.9. The average Bonchev–Trinajstić information content (AvgIpc) is 3.87. The second-order valence-corrected chi connectivity index (χ2v) is 31.3. The molecule has 0 radical (unpaired) electrons. The van der Waals surface area contributed by atoms with Crippen LogP contribution in [0.4, 0.5) is 0 Å². The van der Waals surface area contributed by atoms with Crippen LogP contribution in [0.2, 0.25) is 0 Å². The van der Waals surface area contributed by atoms with Gasteiger partial charge in [0, 0.05) is 11.9 Å². The molecule has 8 aliphatic rings. The van der Waals surface area contributed by atoms with E-state index in [0.29, 0.717) is 33.9 Å². The minimum atomic E-state index is -0.258. The van der Waals surface area contributed by atoms with Gasteiger partial charge in [0.2, 0.25) is 0 Å². The van der Waals surface area contributed by atoms with Crippen molar-refractivity contribution in [3.8, 4) is 0 Å². The van der Waals surface area contributed by atoms with Crippen molar-refractivity contribution in [1.29, 1.82) is 0 Å². The third-order valence-electron chi connectivity index (χ3n) is 23.4. The molecule has 6 nitrogen and oxygen atoms in total. The Kier molecular flexibility index (Phi) is 25.7. The van der Waals surface area contributed by atoms with E-state index in [1.165, 1.54) is 135 Å². The first-order chi connectivity index (χ1) is 35.3. The molecule has 0 spiro atoms. The molecule has 0 aromatic carbocycles. The fraction of sp³-hybridized carbons (Fsp3) is 0.941. The third-order valence-corrected chi connectivity index (χ3v) is 23.7. The number of rotatable bonds is 21. The summed E-state index contributed by atoms with van der Waals surface area (Å²) in [5, 5.41) is 19.4. The number of nitrogens with zero attached hydrogens (tertiary/aromatic N) is 2. The molecule has 0 bridgehead atoms. The minimum Gasteiger partial charge on any atom is -1.00 e. The Morgan fingerprint density at radius 2 is 1.03 bits per heavy atom. The van der Waals surface area contributed by atoms with Crippen LogP contribution in [-0.4, -0.2) is 110 Å². The summed E-state index contributed by atoms with van der Waals surface area (Å²) in [7, 11) is 8.28. The molecule has 2 N–H and O–H groups in total. The first-order valence-corrected chi connectivity index (χ1v) is 33.4. The van der Waals surface area contributed by atoms with Crippen molar-refractivity contribution in [3.63, 3.8) is 0 Å². The van der Waals surface area contributed by atoms with Crippen LogP contribution in [-0.2, 0) is 9.47 Å². The summed E-state index contributed by atoms with van der Waals surface area (Å²) in [6.45, 7) is 33.3. The van der Waals surface area contributed by atoms with E-state index in [2.05, 4.69) is 111 Å². The molecule has 8 aliphatic carbocycles. The van der Waals surface area contributed by atoms with Gasteiger partial charge in [0.05, 0.1) is 45.6 Å². The van der Waals surface area contributed by atoms with Gasteiger partial charge in [0.25, 0.3) is 0 Å². The highest BCUT2D eigenvalue weighted by Gasteiger charge is 2.61. The highest BCUT2D eigenvalue weighted by molar-refractivity contribution is 9.09. The SMILES string of the molecule is CC(C)CCCC(C)C1CCC2C3CC=C4CC(OCCBr)CCC4(C)C3CCC12C.CC(C)CCCC(C)C1CCC2C3CC=C4CC(OCC[N+](C)(C)CC(C)O)CCC4(C)C3CCC12C.CC(O)CN(C)C.[Br-]. The third kappa shape index (κ3) is 16.3. The molecule has 444 valence electrons. The van der Waals surface area contributed by atoms with Crippen LogP contribution < -0.4 is 17.0 Å². The van der Waals surface area contributed by atoms with Gasteiger partial charge in [-0.15, -0.1) is 0 Å². The molecule has 0 heterocycles. The maximum atomic E-state index is 9.79. The van der Waals surface area contributed by atoms with Crippen LogP contribution in [0.3, 0.4) is 0 Å². The van der Waals surface area contributed by atoms with Crippen LogP contribution in [0.15, 0.2) is 23.3 Å². The van der Waals surface area contributed by atoms with Gasteiger partial charge in [0.1, 0.15) is 19.2 Å². The number of ether oxygens (including phenoxy) is 2. The maximum absolute atomic E-state index is 9.79. The van der Waals surface area contributed by atoms with E-state index < -0.39 is 0 Å². The summed E-state index contributed by atoms with van der Waals surface area (Å²) >= 11 is 3.53. The van der Waals surface area contributed by atoms with E-state index >= 15 is 0 Å². The lowest BCUT2D eigenvalue weighted by atomic mass is 9.47. The standard InChI is InChI=1S/C34H62NO2.C29H49BrO.C5H13NO.BrH/c1-24(2)10-9-11-25(3)30-14-15-31-29-13-12-27-22-28(37-21-20-35(7,8)23-26(4)36)16-18-33(27,5)32(29)17-19-34(30,31)6;1-20(2)7-6-8-21(3)25-11-12-26-24-10-9-22-19-23(31-18-17-30)13-15-28(22,4)27(24)14-16-29(25,26)5;1-5(7)4-6(2)3;/h12,24-26,28-32,36H,9-11,13-23H2,1-8H3;9,20-21,23-27H,6-8,10-19H2,1-5H3;5,7H,4H2,1-3H3;1H/q+1;;;/p-1. The zero-order valence-corrected chi connectivity index (χ0v) is 55.7. The van der Waals surface area contributed by atoms with Crippen molar-refractivity contribution < 1.29 is 41.2 Å². The molecule has 0 aliphatic heterocycles. The second kappa shape index (κ2) is 29.1. The van der Waals surface area contributed by atoms with Crippen molar-refractivity contribution in [2.75, 3.05) is 66.4 Å². The number of alkyl halides is 1. The average molecular weight is 1190 g/mol. The Balaban J connectivity index is 0.000000249. The molecule has 0 aromatic heterocycles. The van der Waals surface area contributed by atoms with Crippen molar-refractivity contribution >= 4 is 15.9 Å². The van der Waals surface area contributed by atoms with Gasteiger partial charge in [-0.1, -0.05) is 147 Å². The van der Waals surface area contributed by atoms with Gasteiger partial charge in [-0.05, 0) is 223 Å². The zero-order valence-electron chi connectivity index (χ0n) is 52.6. The molecular formula is C68H124Br2N2O4. The number of halogens is 2. The van der Waals surface area contributed by atoms with Crippen molar-refractivity contribution in [1.82, 2.24) is 4.90 Å². The molecule has 0 saturated heterocycles. The first-order valence-electron chi connectivity index (χ1n) is 32.3. The molecule has 0 aromatic rings. The molecule has 76 heavy (non-hydrogen) atoms. The molecule has 8 heteroatoms. The van der Waals surface area contributed by atoms with Crippen molar-refractivity contribution in [2.24, 2.45) is 92.7 Å². The predicted octanol–water partition coefficient (Wildman–Crippen LogP) is 13.6. The predicted molar refractivity (Wildman–Crippen MR) is 323 cm³/mol. The summed E-state index contributed by atoms with van der Waals surface area (Å²) in [5.74, 6) is 11.0. The van der Waals surface area contributed by atoms with Gasteiger partial charge < -0.3 is 46.1 Å². The van der Waals surface area contributed by atoms with Gasteiger partial charge in [0.15, 0.2) is 0 Å². The van der Waals surface area contributed by atoms with Crippen LogP contribution in [0.5, 0.6) is 0 Å². The zero-order chi connectivity index (χ0) is 55.1. The number of allylic oxidation sites excluding steroid dienone is 2. The Bertz CT molecular complexity index is 1790. The molecule has 8 rings (SSSR count). The van der Waals surface area contributed by atoms with Crippen LogP contribution in [0.1, 0.15) is 224 Å². The topological polar surface area (TPSA) is 62.2 Å². The van der Waals surface area contributed by atoms with Crippen LogP contribution in [0, 0.1) is 92.7 Å². The minimum absolute atomic E-state index is 0. The number of hydrogen-bond donors (Lipinski definition) is 2. The van der Waals surface area contributed by atoms with Gasteiger partial charge in [-0.25, -0.2) is 0 Å². The molecular weight excluding hydrogens is 1070 g/mol. The van der Waals surface area contributed by atoms with Crippen LogP contribution >= 0.6 is 15.9 Å². The van der Waals surface area contributed by atoms with E-state index in [0.717, 1.165) is 120 Å². The summed E-state index contributed by atoms with van der Waals surface area (Å²) in [5.41, 5.74) is 5.56. The van der Waals surface area contributed by atoms with Crippen molar-refractivity contribution in [2.45, 2.75) is 249 Å². The summed E-state index contributed by atoms with van der Waals surface area (Å²) in [6, 6.07) is 0. The van der Waals surface area contributed by atoms with Gasteiger partial charge >= 0.3 is 0 Å². The summed E-state index contributed by atoms with van der Waals surface area (Å²) < 4.78 is 13.4. The van der Waals surface area contributed by atoms with E-state index in [1.54, 1.807) is 18.1 Å². The Morgan fingerprint density at radius 1 is 0.592 bits per heavy atom. The van der Waals surface area contributed by atoms with E-state index in [-0.39, 0.29) is 29.2 Å². The number of quaternary nitrogens is 1. The highest BCUT2D eigenvalue weighted by Crippen LogP contribution is 2.69. The fourth-order valence-electron chi connectivity index (χ4n) is 19.6. The largest absolute Gasteiger partial charge is 1.00 e. The monoisotopic (exact) mass is 1190 g/mol. The van der Waals surface area contributed by atoms with E-state index in [9.17, 15) is 5.11 Å². The molecule has 6 fully saturated rings. The number of aliphatic hydroxyl groups excluding tert-OH is 2. The van der Waals surface area contributed by atoms with Gasteiger partial charge in [-0.2, -0.15) is 0 Å². The van der Waals surface area contributed by atoms with Crippen LogP contribution in [0.25, 0.3) is 0 Å². The fourth-order valence-corrected chi connectivity index (χ4v) is 19.8. The number of aliphatic hydroxyl groups is 2. The van der Waals surface area contributed by atoms with Gasteiger partial charge in [-0.3, -0.25) is 0 Å². The van der Waals surface area contributed by atoms with E-state index in [1.807, 2.05) is 25.9 Å². The summed E-state index contributed by atoms with van der Waals surface area (Å²) in [4.78, 5) is 1.95. The molecule has 6 saturated carbocycles. The number of hydrogen-bond acceptors (Lipinski definition) is 5. The number of fused-ring (bicyclic) bond motifs is 10. The Hall–Kier alpha value is 0.200. The number of likely N-dealkylation sites (N-methyl/N-ethyl adjacent to an activating group) is 2. The first kappa shape index (κ1) is 67.0. The lowest BCUT2D eigenvalue weighted by Gasteiger charge is -2.58. The Morgan fingerprint density at radius 3 is 1.39 bits per heavy atom. The molecule has 18 unspecified atom stereocenters. The lowest BCUT2D eigenvalue weighted by Crippen LogP contribution is -3.00. The maximum Gasteiger partial charge on any atom is 0.104 e. The Labute approximate surface area is 490 Å². The summed E-state index contributed by atoms with van der Waals surface area (Å²) in [6.07, 6.45) is 36.4. The lowest BCUT2D eigenvalue weighted by molar-refractivity contribution is -0.893. The normalized spacial score (nSPS) is 38.2. The molecule has 0 amide bonds. The van der Waals surface area contributed by atoms with Crippen molar-refractivity contribution in [3.05, 3.63) is 23.3 Å². The molecule has 18 atom stereocenters. The second-order valence-electron chi connectivity index (χ2n) is 30.5. The quantitative estimate of drug-likeness (QED) is 0.0681.